The molecule has 0 bridgehead atoms. The quantitative estimate of drug-likeness (QED) is 0.768. The molecule has 3 rings (SSSR count). The minimum atomic E-state index is -0.247. The highest BCUT2D eigenvalue weighted by Gasteiger charge is 2.18. The molecule has 156 valence electrons. The summed E-state index contributed by atoms with van der Waals surface area (Å²) in [5.41, 5.74) is 3.38. The number of aryl methyl sites for hydroxylation is 1. The minimum absolute atomic E-state index is 0.247. The lowest BCUT2D eigenvalue weighted by atomic mass is 10.1. The maximum Gasteiger partial charge on any atom is 0.255 e. The zero-order chi connectivity index (χ0) is 21.0. The molecule has 0 radical (unpaired) electrons. The Morgan fingerprint density at radius 2 is 1.90 bits per heavy atom. The smallest absolute Gasteiger partial charge is 0.255 e. The third-order valence-electron chi connectivity index (χ3n) is 5.11. The Hall–Kier alpha value is -2.44. The first-order valence-corrected chi connectivity index (χ1v) is 10.2. The van der Waals surface area contributed by atoms with Crippen LogP contribution in [0.1, 0.15) is 22.8 Å². The van der Waals surface area contributed by atoms with Crippen molar-refractivity contribution in [3.8, 4) is 11.5 Å². The number of nitrogens with zero attached hydrogens (tertiary/aromatic N) is 2. The molecule has 0 saturated carbocycles. The lowest BCUT2D eigenvalue weighted by molar-refractivity contribution is 0.102. The maximum absolute atomic E-state index is 12.8. The molecule has 1 aliphatic rings. The van der Waals surface area contributed by atoms with E-state index in [1.54, 1.807) is 12.1 Å². The van der Waals surface area contributed by atoms with Crippen molar-refractivity contribution in [3.05, 3.63) is 46.5 Å². The highest BCUT2D eigenvalue weighted by molar-refractivity contribution is 6.32. The highest BCUT2D eigenvalue weighted by Crippen LogP contribution is 2.36. The van der Waals surface area contributed by atoms with E-state index < -0.39 is 0 Å². The number of ether oxygens (including phenoxy) is 2. The van der Waals surface area contributed by atoms with Gasteiger partial charge in [-0.1, -0.05) is 11.6 Å². The van der Waals surface area contributed by atoms with Gasteiger partial charge in [-0.2, -0.15) is 0 Å². The second-order valence-corrected chi connectivity index (χ2v) is 7.57. The first kappa shape index (κ1) is 21.3. The Kier molecular flexibility index (Phi) is 6.87. The van der Waals surface area contributed by atoms with E-state index in [1.165, 1.54) is 12.8 Å². The van der Waals surface area contributed by atoms with E-state index in [0.717, 1.165) is 37.4 Å². The molecule has 1 N–H and O–H groups in total. The summed E-state index contributed by atoms with van der Waals surface area (Å²) in [4.78, 5) is 17.5. The van der Waals surface area contributed by atoms with Gasteiger partial charge in [0.05, 0.1) is 18.7 Å². The van der Waals surface area contributed by atoms with E-state index in [1.807, 2.05) is 19.9 Å². The van der Waals surface area contributed by atoms with Crippen LogP contribution in [0, 0.1) is 6.92 Å². The SMILES string of the molecule is CCOc1c(Cl)cc(C(=O)Nc2ccc(N3CCN(C)CC3)cc2C)cc1OC. The average Bonchev–Trinajstić information content (AvgIpc) is 2.71. The van der Waals surface area contributed by atoms with Crippen LogP contribution in [-0.2, 0) is 0 Å². The Bertz CT molecular complexity index is 880. The monoisotopic (exact) mass is 417 g/mol. The number of carbonyl (C=O) groups is 1. The van der Waals surface area contributed by atoms with Crippen LogP contribution in [0.3, 0.4) is 0 Å². The lowest BCUT2D eigenvalue weighted by Crippen LogP contribution is -2.44. The Morgan fingerprint density at radius 3 is 2.52 bits per heavy atom. The van der Waals surface area contributed by atoms with Crippen molar-refractivity contribution in [3.63, 3.8) is 0 Å². The van der Waals surface area contributed by atoms with Gasteiger partial charge in [0, 0.05) is 43.1 Å². The summed E-state index contributed by atoms with van der Waals surface area (Å²) in [6.07, 6.45) is 0. The van der Waals surface area contributed by atoms with Gasteiger partial charge in [-0.25, -0.2) is 0 Å². The van der Waals surface area contributed by atoms with E-state index in [4.69, 9.17) is 21.1 Å². The van der Waals surface area contributed by atoms with E-state index in [9.17, 15) is 4.79 Å². The number of amides is 1. The molecule has 0 aliphatic carbocycles. The number of hydrogen-bond acceptors (Lipinski definition) is 5. The predicted octanol–water partition coefficient (Wildman–Crippen LogP) is 4.06. The molecule has 7 heteroatoms. The summed E-state index contributed by atoms with van der Waals surface area (Å²) in [5, 5.41) is 3.32. The van der Waals surface area contributed by atoms with Crippen LogP contribution in [0.2, 0.25) is 5.02 Å². The standard InChI is InChI=1S/C22H28ClN3O3/c1-5-29-21-18(23)13-16(14-20(21)28-4)22(27)24-19-7-6-17(12-15(19)2)26-10-8-25(3)9-11-26/h6-7,12-14H,5,8-11H2,1-4H3,(H,24,27). The zero-order valence-corrected chi connectivity index (χ0v) is 18.2. The van der Waals surface area contributed by atoms with Crippen LogP contribution in [0.4, 0.5) is 11.4 Å². The molecule has 1 amide bonds. The van der Waals surface area contributed by atoms with Crippen molar-refractivity contribution in [2.24, 2.45) is 0 Å². The summed E-state index contributed by atoms with van der Waals surface area (Å²) in [5.74, 6) is 0.635. The van der Waals surface area contributed by atoms with E-state index in [2.05, 4.69) is 34.3 Å². The van der Waals surface area contributed by atoms with Crippen LogP contribution < -0.4 is 19.7 Å². The second-order valence-electron chi connectivity index (χ2n) is 7.17. The van der Waals surface area contributed by atoms with Crippen molar-refractivity contribution in [2.45, 2.75) is 13.8 Å². The number of likely N-dealkylation sites (N-methyl/N-ethyl adjacent to an activating group) is 1. The van der Waals surface area contributed by atoms with Crippen LogP contribution in [0.25, 0.3) is 0 Å². The van der Waals surface area contributed by atoms with E-state index >= 15 is 0 Å². The Balaban J connectivity index is 1.76. The van der Waals surface area contributed by atoms with Gasteiger partial charge in [-0.05, 0) is 56.8 Å². The summed E-state index contributed by atoms with van der Waals surface area (Å²) in [7, 11) is 3.67. The number of rotatable bonds is 6. The maximum atomic E-state index is 12.8. The highest BCUT2D eigenvalue weighted by atomic mass is 35.5. The van der Waals surface area contributed by atoms with E-state index in [0.29, 0.717) is 28.7 Å². The number of methoxy groups -OCH3 is 1. The molecule has 0 unspecified atom stereocenters. The summed E-state index contributed by atoms with van der Waals surface area (Å²) >= 11 is 6.29. The topological polar surface area (TPSA) is 54.0 Å². The van der Waals surface area contributed by atoms with Gasteiger partial charge >= 0.3 is 0 Å². The van der Waals surface area contributed by atoms with Crippen molar-refractivity contribution in [2.75, 3.05) is 57.2 Å². The molecular formula is C22H28ClN3O3. The van der Waals surface area contributed by atoms with Crippen LogP contribution in [-0.4, -0.2) is 57.8 Å². The number of halogens is 1. The molecule has 0 spiro atoms. The molecule has 2 aromatic carbocycles. The number of carbonyl (C=O) groups excluding carboxylic acids is 1. The number of anilines is 2. The number of piperazine rings is 1. The number of benzene rings is 2. The molecule has 0 atom stereocenters. The van der Waals surface area contributed by atoms with Crippen molar-refractivity contribution < 1.29 is 14.3 Å². The van der Waals surface area contributed by atoms with Gasteiger partial charge < -0.3 is 24.6 Å². The first-order valence-electron chi connectivity index (χ1n) is 9.78. The van der Waals surface area contributed by atoms with Crippen molar-refractivity contribution in [1.82, 2.24) is 4.90 Å². The summed E-state index contributed by atoms with van der Waals surface area (Å²) < 4.78 is 10.8. The van der Waals surface area contributed by atoms with Gasteiger partial charge in [0.1, 0.15) is 0 Å². The van der Waals surface area contributed by atoms with Gasteiger partial charge in [0.2, 0.25) is 0 Å². The number of hydrogen-bond donors (Lipinski definition) is 1. The van der Waals surface area contributed by atoms with Gasteiger partial charge in [0.25, 0.3) is 5.91 Å². The van der Waals surface area contributed by atoms with Crippen LogP contribution in [0.15, 0.2) is 30.3 Å². The summed E-state index contributed by atoms with van der Waals surface area (Å²) in [6.45, 7) is 8.44. The molecule has 29 heavy (non-hydrogen) atoms. The predicted molar refractivity (Wildman–Crippen MR) is 118 cm³/mol. The fourth-order valence-corrected chi connectivity index (χ4v) is 3.64. The van der Waals surface area contributed by atoms with Gasteiger partial charge in [-0.3, -0.25) is 4.79 Å². The number of nitrogens with one attached hydrogen (secondary N) is 1. The second kappa shape index (κ2) is 9.37. The van der Waals surface area contributed by atoms with Crippen LogP contribution >= 0.6 is 11.6 Å². The van der Waals surface area contributed by atoms with Crippen molar-refractivity contribution >= 4 is 28.9 Å². The fourth-order valence-electron chi connectivity index (χ4n) is 3.38. The Labute approximate surface area is 177 Å². The van der Waals surface area contributed by atoms with Gasteiger partial charge in [-0.15, -0.1) is 0 Å². The largest absolute Gasteiger partial charge is 0.493 e. The van der Waals surface area contributed by atoms with Gasteiger partial charge in [0.15, 0.2) is 11.5 Å². The molecular weight excluding hydrogens is 390 g/mol. The molecule has 2 aromatic rings. The fraction of sp³-hybridized carbons (Fsp3) is 0.409. The third kappa shape index (κ3) is 4.95. The summed E-state index contributed by atoms with van der Waals surface area (Å²) in [6, 6.07) is 9.36. The third-order valence-corrected chi connectivity index (χ3v) is 5.39. The molecule has 1 heterocycles. The average molecular weight is 418 g/mol. The normalized spacial score (nSPS) is 14.6. The molecule has 6 nitrogen and oxygen atoms in total. The molecule has 1 fully saturated rings. The lowest BCUT2D eigenvalue weighted by Gasteiger charge is -2.34. The first-order chi connectivity index (χ1) is 13.9. The molecule has 1 saturated heterocycles. The van der Waals surface area contributed by atoms with E-state index in [-0.39, 0.29) is 5.91 Å². The Morgan fingerprint density at radius 1 is 1.17 bits per heavy atom. The molecule has 0 aromatic heterocycles. The van der Waals surface area contributed by atoms with Crippen molar-refractivity contribution in [1.29, 1.82) is 0 Å². The zero-order valence-electron chi connectivity index (χ0n) is 17.4. The minimum Gasteiger partial charge on any atom is -0.493 e. The van der Waals surface area contributed by atoms with Crippen LogP contribution in [0.5, 0.6) is 11.5 Å². The molecule has 1 aliphatic heterocycles.